The van der Waals surface area contributed by atoms with Gasteiger partial charge >= 0.3 is 0 Å². The van der Waals surface area contributed by atoms with E-state index in [2.05, 4.69) is 35.7 Å². The predicted molar refractivity (Wildman–Crippen MR) is 124 cm³/mol. The molecule has 0 atom stereocenters. The molecule has 0 fully saturated rings. The summed E-state index contributed by atoms with van der Waals surface area (Å²) in [6.45, 7) is 4.82. The van der Waals surface area contributed by atoms with E-state index in [1.807, 2.05) is 18.2 Å². The predicted octanol–water partition coefficient (Wildman–Crippen LogP) is 6.07. The van der Waals surface area contributed by atoms with Gasteiger partial charge in [-0.2, -0.15) is 0 Å². The number of ketones is 1. The molecule has 172 valence electrons. The van der Waals surface area contributed by atoms with Crippen LogP contribution in [-0.2, 0) is 25.8 Å². The first-order chi connectivity index (χ1) is 15.9. The van der Waals surface area contributed by atoms with Crippen molar-refractivity contribution in [3.8, 4) is 0 Å². The number of carbonyl (C=O) groups excluding carboxylic acids is 1. The number of hydrogen-bond acceptors (Lipinski definition) is 3. The Kier molecular flexibility index (Phi) is 6.72. The number of hydrogen-bond donors (Lipinski definition) is 1. The maximum absolute atomic E-state index is 13.6. The highest BCUT2D eigenvalue weighted by Gasteiger charge is 2.31. The van der Waals surface area contributed by atoms with Crippen LogP contribution in [0.2, 0.25) is 0 Å². The molecule has 1 aliphatic carbocycles. The summed E-state index contributed by atoms with van der Waals surface area (Å²) in [5.74, 6) is -1.71. The highest BCUT2D eigenvalue weighted by Crippen LogP contribution is 2.35. The fourth-order valence-electron chi connectivity index (χ4n) is 4.79. The summed E-state index contributed by atoms with van der Waals surface area (Å²) in [4.78, 5) is 13.5. The Bertz CT molecular complexity index is 1200. The van der Waals surface area contributed by atoms with Crippen molar-refractivity contribution in [3.63, 3.8) is 0 Å². The van der Waals surface area contributed by atoms with E-state index in [1.165, 1.54) is 6.07 Å². The molecule has 0 aliphatic heterocycles. The van der Waals surface area contributed by atoms with Gasteiger partial charge in [0.2, 0.25) is 0 Å². The molecule has 0 spiro atoms. The molecule has 2 aromatic carbocycles. The Morgan fingerprint density at radius 3 is 2.48 bits per heavy atom. The molecule has 4 rings (SSSR count). The van der Waals surface area contributed by atoms with Crippen LogP contribution in [0.25, 0.3) is 0 Å². The summed E-state index contributed by atoms with van der Waals surface area (Å²) < 4.78 is 29.1. The zero-order valence-electron chi connectivity index (χ0n) is 18.9. The van der Waals surface area contributed by atoms with Crippen LogP contribution in [0.3, 0.4) is 0 Å². The molecular weight excluding hydrogens is 422 g/mol. The highest BCUT2D eigenvalue weighted by atomic mass is 19.2. The van der Waals surface area contributed by atoms with Gasteiger partial charge in [-0.3, -0.25) is 4.79 Å². The van der Waals surface area contributed by atoms with Gasteiger partial charge < -0.3 is 9.77 Å². The van der Waals surface area contributed by atoms with E-state index in [0.29, 0.717) is 49.1 Å². The number of oxime groups is 1. The maximum Gasteiger partial charge on any atom is 0.165 e. The Morgan fingerprint density at radius 1 is 1.06 bits per heavy atom. The van der Waals surface area contributed by atoms with Crippen molar-refractivity contribution in [2.24, 2.45) is 5.16 Å². The van der Waals surface area contributed by atoms with Crippen molar-refractivity contribution < 1.29 is 18.8 Å². The van der Waals surface area contributed by atoms with Gasteiger partial charge in [0.1, 0.15) is 0 Å². The third-order valence-corrected chi connectivity index (χ3v) is 6.33. The number of fused-ring (bicyclic) bond motifs is 1. The van der Waals surface area contributed by atoms with Crippen molar-refractivity contribution in [1.82, 2.24) is 4.57 Å². The van der Waals surface area contributed by atoms with Gasteiger partial charge in [-0.15, -0.1) is 0 Å². The van der Waals surface area contributed by atoms with Crippen LogP contribution in [0.5, 0.6) is 0 Å². The van der Waals surface area contributed by atoms with Crippen LogP contribution in [0, 0.1) is 11.6 Å². The molecule has 1 aromatic heterocycles. The molecule has 0 amide bonds. The van der Waals surface area contributed by atoms with Crippen LogP contribution in [0.1, 0.15) is 71.0 Å². The average Bonchev–Trinajstić information content (AvgIpc) is 3.14. The molecule has 0 saturated carbocycles. The van der Waals surface area contributed by atoms with Crippen molar-refractivity contribution in [2.75, 3.05) is 0 Å². The lowest BCUT2D eigenvalue weighted by atomic mass is 9.88. The second-order valence-electron chi connectivity index (χ2n) is 8.93. The normalized spacial score (nSPS) is 14.6. The fourth-order valence-corrected chi connectivity index (χ4v) is 4.79. The van der Waals surface area contributed by atoms with E-state index in [-0.39, 0.29) is 18.1 Å². The number of aryl methyl sites for hydroxylation is 1. The monoisotopic (exact) mass is 450 g/mol. The molecule has 33 heavy (non-hydrogen) atoms. The fraction of sp³-hybridized carbons (Fsp3) is 0.333. The largest absolute Gasteiger partial charge is 0.411 e. The topological polar surface area (TPSA) is 54.6 Å². The third kappa shape index (κ3) is 4.75. The second kappa shape index (κ2) is 9.69. The summed E-state index contributed by atoms with van der Waals surface area (Å²) >= 11 is 0. The lowest BCUT2D eigenvalue weighted by molar-refractivity contribution is 0.0980. The van der Waals surface area contributed by atoms with Crippen molar-refractivity contribution >= 4 is 11.5 Å². The molecular formula is C27H28F2N2O2. The van der Waals surface area contributed by atoms with Gasteiger partial charge in [0.05, 0.1) is 5.71 Å². The number of Topliss-reactive ketones (excluding diaryl/α,β-unsaturated/α-hetero) is 1. The van der Waals surface area contributed by atoms with Gasteiger partial charge in [-0.1, -0.05) is 55.4 Å². The number of nitrogens with zero attached hydrogens (tertiary/aromatic N) is 2. The van der Waals surface area contributed by atoms with E-state index >= 15 is 0 Å². The molecule has 6 heteroatoms. The zero-order chi connectivity index (χ0) is 23.5. The Morgan fingerprint density at radius 2 is 1.82 bits per heavy atom. The van der Waals surface area contributed by atoms with E-state index < -0.39 is 11.6 Å². The molecule has 0 unspecified atom stereocenters. The number of benzene rings is 2. The molecule has 0 bridgehead atoms. The molecule has 1 heterocycles. The SMILES string of the molecule is CC(C)c1c(C(=O)CCc2ccc(F)c(F)c2)c2c(n1Cc1ccccc1)CCC(=NO)C2. The second-order valence-corrected chi connectivity index (χ2v) is 8.93. The van der Waals surface area contributed by atoms with Crippen molar-refractivity contribution in [2.45, 2.75) is 58.4 Å². The summed E-state index contributed by atoms with van der Waals surface area (Å²) in [7, 11) is 0. The first-order valence-electron chi connectivity index (χ1n) is 11.3. The summed E-state index contributed by atoms with van der Waals surface area (Å²) in [6.07, 6.45) is 2.32. The molecule has 1 aliphatic rings. The van der Waals surface area contributed by atoms with Gasteiger partial charge in [-0.25, -0.2) is 8.78 Å². The lowest BCUT2D eigenvalue weighted by Crippen LogP contribution is -2.17. The quantitative estimate of drug-likeness (QED) is 0.270. The smallest absolute Gasteiger partial charge is 0.165 e. The molecule has 4 nitrogen and oxygen atoms in total. The summed E-state index contributed by atoms with van der Waals surface area (Å²) in [5.41, 5.74) is 6.14. The average molecular weight is 451 g/mol. The number of carbonyl (C=O) groups is 1. The molecule has 0 radical (unpaired) electrons. The minimum atomic E-state index is -0.905. The third-order valence-electron chi connectivity index (χ3n) is 6.33. The van der Waals surface area contributed by atoms with Gasteiger partial charge in [0, 0.05) is 36.3 Å². The van der Waals surface area contributed by atoms with E-state index in [4.69, 9.17) is 0 Å². The zero-order valence-corrected chi connectivity index (χ0v) is 18.9. The van der Waals surface area contributed by atoms with Gasteiger partial charge in [0.25, 0.3) is 0 Å². The Hall–Kier alpha value is -3.28. The van der Waals surface area contributed by atoms with E-state index in [1.54, 1.807) is 0 Å². The minimum Gasteiger partial charge on any atom is -0.411 e. The Balaban J connectivity index is 1.73. The van der Waals surface area contributed by atoms with Crippen LogP contribution in [0.4, 0.5) is 8.78 Å². The van der Waals surface area contributed by atoms with Crippen LogP contribution < -0.4 is 0 Å². The maximum atomic E-state index is 13.6. The number of aromatic nitrogens is 1. The van der Waals surface area contributed by atoms with Crippen molar-refractivity contribution in [1.29, 1.82) is 0 Å². The molecule has 1 N–H and O–H groups in total. The highest BCUT2D eigenvalue weighted by molar-refractivity contribution is 6.02. The van der Waals surface area contributed by atoms with Gasteiger partial charge in [-0.05, 0) is 54.0 Å². The lowest BCUT2D eigenvalue weighted by Gasteiger charge is -2.19. The van der Waals surface area contributed by atoms with Crippen LogP contribution in [0.15, 0.2) is 53.7 Å². The first-order valence-corrected chi connectivity index (χ1v) is 11.3. The summed E-state index contributed by atoms with van der Waals surface area (Å²) in [6, 6.07) is 13.9. The number of rotatable bonds is 7. The standard InChI is InChI=1S/C27H28F2N2O2/c1-17(2)27-26(25(32)13-9-18-8-11-22(28)23(29)14-18)21-15-20(30-33)10-12-24(21)31(27)16-19-6-4-3-5-7-19/h3-8,11,14,17,33H,9-10,12-13,15-16H2,1-2H3. The number of halogens is 2. The summed E-state index contributed by atoms with van der Waals surface area (Å²) in [5, 5.41) is 12.8. The van der Waals surface area contributed by atoms with E-state index in [0.717, 1.165) is 34.6 Å². The van der Waals surface area contributed by atoms with Crippen molar-refractivity contribution in [3.05, 3.63) is 93.8 Å². The van der Waals surface area contributed by atoms with Crippen LogP contribution in [-0.4, -0.2) is 21.3 Å². The first kappa shape index (κ1) is 22.9. The molecule has 3 aromatic rings. The minimum absolute atomic E-state index is 0.0225. The molecule has 0 saturated heterocycles. The van der Waals surface area contributed by atoms with Gasteiger partial charge in [0.15, 0.2) is 17.4 Å². The Labute approximate surface area is 192 Å². The van der Waals surface area contributed by atoms with E-state index in [9.17, 15) is 18.8 Å². The van der Waals surface area contributed by atoms with Crippen LogP contribution >= 0.6 is 0 Å².